The number of hydrogen-bond donors (Lipinski definition) is 2. The van der Waals surface area contributed by atoms with Gasteiger partial charge in [0.25, 0.3) is 11.5 Å². The molecule has 1 fully saturated rings. The number of hydrogen-bond acceptors (Lipinski definition) is 5. The fourth-order valence-corrected chi connectivity index (χ4v) is 4.55. The summed E-state index contributed by atoms with van der Waals surface area (Å²) in [4.78, 5) is 45.0. The van der Waals surface area contributed by atoms with E-state index in [-0.39, 0.29) is 17.9 Å². The van der Waals surface area contributed by atoms with Crippen LogP contribution < -0.4 is 21.7 Å². The zero-order chi connectivity index (χ0) is 23.4. The summed E-state index contributed by atoms with van der Waals surface area (Å²) in [5.74, 6) is 1.22. The Morgan fingerprint density at radius 2 is 1.88 bits per heavy atom. The standard InChI is InChI=1S/C24H31N5O4/c1-2-13-29-23(31)20-22(27-21(26-20)17-7-3-4-8-17)28(24(29)32)14-5-6-16-9-11-18(12-10-16)33-15-19(25)30/h9-12,17H,2-8,13-15H2,1H3,(H2,25,30)(H,26,27). The molecular formula is C24H31N5O4. The zero-order valence-electron chi connectivity index (χ0n) is 19.0. The van der Waals surface area contributed by atoms with Crippen molar-refractivity contribution in [1.82, 2.24) is 19.1 Å². The number of aryl methyl sites for hydroxylation is 2. The minimum atomic E-state index is -0.519. The molecule has 4 rings (SSSR count). The van der Waals surface area contributed by atoms with E-state index in [4.69, 9.17) is 15.5 Å². The number of imidazole rings is 1. The van der Waals surface area contributed by atoms with Gasteiger partial charge < -0.3 is 15.5 Å². The number of aromatic amines is 1. The summed E-state index contributed by atoms with van der Waals surface area (Å²) in [5.41, 5.74) is 6.50. The molecular weight excluding hydrogens is 422 g/mol. The third kappa shape index (κ3) is 5.02. The molecule has 2 heterocycles. The molecule has 0 atom stereocenters. The quantitative estimate of drug-likeness (QED) is 0.488. The fourth-order valence-electron chi connectivity index (χ4n) is 4.55. The van der Waals surface area contributed by atoms with Crippen molar-refractivity contribution >= 4 is 17.1 Å². The number of aromatic nitrogens is 4. The maximum absolute atomic E-state index is 13.2. The average molecular weight is 454 g/mol. The van der Waals surface area contributed by atoms with Gasteiger partial charge in [0.2, 0.25) is 0 Å². The Kier molecular flexibility index (Phi) is 6.96. The van der Waals surface area contributed by atoms with E-state index >= 15 is 0 Å². The minimum absolute atomic E-state index is 0.155. The van der Waals surface area contributed by atoms with Crippen LogP contribution in [-0.2, 0) is 24.3 Å². The zero-order valence-corrected chi connectivity index (χ0v) is 19.0. The Hall–Kier alpha value is -3.36. The summed E-state index contributed by atoms with van der Waals surface area (Å²) in [6, 6.07) is 7.45. The van der Waals surface area contributed by atoms with Gasteiger partial charge in [-0.15, -0.1) is 0 Å². The van der Waals surface area contributed by atoms with Crippen molar-refractivity contribution in [2.75, 3.05) is 6.61 Å². The molecule has 0 unspecified atom stereocenters. The summed E-state index contributed by atoms with van der Waals surface area (Å²) >= 11 is 0. The van der Waals surface area contributed by atoms with Crippen LogP contribution in [0.5, 0.6) is 5.75 Å². The number of rotatable bonds is 10. The van der Waals surface area contributed by atoms with E-state index < -0.39 is 5.91 Å². The molecule has 1 amide bonds. The normalized spacial score (nSPS) is 14.2. The van der Waals surface area contributed by atoms with Crippen LogP contribution in [0.25, 0.3) is 11.2 Å². The lowest BCUT2D eigenvalue weighted by atomic mass is 10.1. The topological polar surface area (TPSA) is 125 Å². The highest BCUT2D eigenvalue weighted by atomic mass is 16.5. The summed E-state index contributed by atoms with van der Waals surface area (Å²) < 4.78 is 8.26. The smallest absolute Gasteiger partial charge is 0.332 e. The molecule has 0 radical (unpaired) electrons. The first-order chi connectivity index (χ1) is 16.0. The fraction of sp³-hybridized carbons (Fsp3) is 0.500. The SMILES string of the molecule is CCCn1c(=O)c2[nH]c(C3CCCC3)nc2n(CCCc2ccc(OCC(N)=O)cc2)c1=O. The number of carbonyl (C=O) groups excluding carboxylic acids is 1. The third-order valence-electron chi connectivity index (χ3n) is 6.22. The second-order valence-corrected chi connectivity index (χ2v) is 8.70. The molecule has 0 bridgehead atoms. The first-order valence-electron chi connectivity index (χ1n) is 11.7. The summed E-state index contributed by atoms with van der Waals surface area (Å²) in [7, 11) is 0. The van der Waals surface area contributed by atoms with E-state index in [2.05, 4.69) is 4.98 Å². The molecule has 3 N–H and O–H groups in total. The van der Waals surface area contributed by atoms with E-state index in [1.54, 1.807) is 16.7 Å². The van der Waals surface area contributed by atoms with Gasteiger partial charge in [0.05, 0.1) is 0 Å². The first kappa shape index (κ1) is 22.8. The molecule has 176 valence electrons. The Bertz CT molecular complexity index is 1230. The Morgan fingerprint density at radius 3 is 2.55 bits per heavy atom. The Balaban J connectivity index is 1.55. The average Bonchev–Trinajstić information content (AvgIpc) is 3.48. The number of amides is 1. The predicted molar refractivity (Wildman–Crippen MR) is 126 cm³/mol. The third-order valence-corrected chi connectivity index (χ3v) is 6.22. The first-order valence-corrected chi connectivity index (χ1v) is 11.7. The number of nitrogens with one attached hydrogen (secondary N) is 1. The van der Waals surface area contributed by atoms with Gasteiger partial charge in [0.15, 0.2) is 12.3 Å². The molecule has 2 aromatic heterocycles. The molecule has 0 aliphatic heterocycles. The van der Waals surface area contributed by atoms with E-state index in [0.29, 0.717) is 48.8 Å². The van der Waals surface area contributed by atoms with Gasteiger partial charge in [-0.25, -0.2) is 9.78 Å². The predicted octanol–water partition coefficient (Wildman–Crippen LogP) is 2.45. The highest BCUT2D eigenvalue weighted by Crippen LogP contribution is 2.32. The van der Waals surface area contributed by atoms with Gasteiger partial charge in [-0.2, -0.15) is 0 Å². The summed E-state index contributed by atoms with van der Waals surface area (Å²) in [6.45, 7) is 2.65. The van der Waals surface area contributed by atoms with Crippen LogP contribution in [0.3, 0.4) is 0 Å². The maximum Gasteiger partial charge on any atom is 0.332 e. The van der Waals surface area contributed by atoms with Crippen molar-refractivity contribution < 1.29 is 9.53 Å². The van der Waals surface area contributed by atoms with Crippen LogP contribution in [-0.4, -0.2) is 31.6 Å². The molecule has 33 heavy (non-hydrogen) atoms. The van der Waals surface area contributed by atoms with Gasteiger partial charge >= 0.3 is 5.69 Å². The molecule has 0 saturated heterocycles. The van der Waals surface area contributed by atoms with Crippen LogP contribution >= 0.6 is 0 Å². The van der Waals surface area contributed by atoms with E-state index in [9.17, 15) is 14.4 Å². The lowest BCUT2D eigenvalue weighted by Crippen LogP contribution is -2.40. The highest BCUT2D eigenvalue weighted by molar-refractivity contribution is 5.75. The number of H-pyrrole nitrogens is 1. The summed E-state index contributed by atoms with van der Waals surface area (Å²) in [6.07, 6.45) is 6.62. The lowest BCUT2D eigenvalue weighted by Gasteiger charge is -2.11. The number of ether oxygens (including phenoxy) is 1. The van der Waals surface area contributed by atoms with E-state index in [1.165, 1.54) is 17.4 Å². The summed E-state index contributed by atoms with van der Waals surface area (Å²) in [5, 5.41) is 0. The number of carbonyl (C=O) groups is 1. The van der Waals surface area contributed by atoms with Gasteiger partial charge in [-0.3, -0.25) is 18.7 Å². The molecule has 9 heteroatoms. The van der Waals surface area contributed by atoms with Crippen LogP contribution in [0, 0.1) is 0 Å². The van der Waals surface area contributed by atoms with Crippen LogP contribution in [0.2, 0.25) is 0 Å². The van der Waals surface area contributed by atoms with Gasteiger partial charge in [-0.1, -0.05) is 31.9 Å². The second kappa shape index (κ2) is 10.1. The van der Waals surface area contributed by atoms with Gasteiger partial charge in [0.1, 0.15) is 17.1 Å². The van der Waals surface area contributed by atoms with Crippen LogP contribution in [0.1, 0.15) is 62.8 Å². The van der Waals surface area contributed by atoms with Crippen molar-refractivity contribution in [2.24, 2.45) is 5.73 Å². The molecule has 1 saturated carbocycles. The molecule has 1 aromatic carbocycles. The number of nitrogens with two attached hydrogens (primary N) is 1. The van der Waals surface area contributed by atoms with Gasteiger partial charge in [0, 0.05) is 19.0 Å². The highest BCUT2D eigenvalue weighted by Gasteiger charge is 2.23. The number of nitrogens with zero attached hydrogens (tertiary/aromatic N) is 3. The number of benzene rings is 1. The Morgan fingerprint density at radius 1 is 1.15 bits per heavy atom. The maximum atomic E-state index is 13.2. The largest absolute Gasteiger partial charge is 0.484 e. The van der Waals surface area contributed by atoms with Crippen LogP contribution in [0.4, 0.5) is 0 Å². The monoisotopic (exact) mass is 453 g/mol. The van der Waals surface area contributed by atoms with E-state index in [0.717, 1.165) is 30.7 Å². The van der Waals surface area contributed by atoms with E-state index in [1.807, 2.05) is 19.1 Å². The molecule has 9 nitrogen and oxygen atoms in total. The molecule has 3 aromatic rings. The molecule has 1 aliphatic carbocycles. The Labute approximate surface area is 191 Å². The number of primary amides is 1. The van der Waals surface area contributed by atoms with Crippen molar-refractivity contribution in [2.45, 2.75) is 70.9 Å². The van der Waals surface area contributed by atoms with Crippen molar-refractivity contribution in [3.63, 3.8) is 0 Å². The van der Waals surface area contributed by atoms with Gasteiger partial charge in [-0.05, 0) is 49.8 Å². The second-order valence-electron chi connectivity index (χ2n) is 8.70. The lowest BCUT2D eigenvalue weighted by molar-refractivity contribution is -0.119. The van der Waals surface area contributed by atoms with Crippen molar-refractivity contribution in [1.29, 1.82) is 0 Å². The van der Waals surface area contributed by atoms with Crippen LogP contribution in [0.15, 0.2) is 33.9 Å². The van der Waals surface area contributed by atoms with Crippen molar-refractivity contribution in [3.05, 3.63) is 56.5 Å². The number of fused-ring (bicyclic) bond motifs is 1. The molecule has 0 spiro atoms. The van der Waals surface area contributed by atoms with Crippen molar-refractivity contribution in [3.8, 4) is 5.75 Å². The minimum Gasteiger partial charge on any atom is -0.484 e. The molecule has 1 aliphatic rings.